The second kappa shape index (κ2) is 14.8. The molecule has 280 valence electrons. The number of hydrogen-bond acceptors (Lipinski definition) is 8. The largest absolute Gasteiger partial charge is 0.496 e. The van der Waals surface area contributed by atoms with Crippen LogP contribution < -0.4 is 15.0 Å². The van der Waals surface area contributed by atoms with Crippen LogP contribution >= 0.6 is 0 Å². The molecule has 10 heteroatoms. The van der Waals surface area contributed by atoms with Gasteiger partial charge in [0.15, 0.2) is 5.89 Å². The van der Waals surface area contributed by atoms with Gasteiger partial charge in [-0.15, -0.1) is 0 Å². The van der Waals surface area contributed by atoms with Crippen molar-refractivity contribution < 1.29 is 28.2 Å². The van der Waals surface area contributed by atoms with Crippen LogP contribution in [0.4, 0.5) is 10.6 Å². The summed E-state index contributed by atoms with van der Waals surface area (Å²) in [6.45, 7) is 10.3. The minimum absolute atomic E-state index is 0.0342. The fraction of sp³-hybridized carbons (Fsp3) is 0.619. The molecule has 52 heavy (non-hydrogen) atoms. The number of anilines is 1. The molecule has 2 aromatic heterocycles. The van der Waals surface area contributed by atoms with Crippen LogP contribution in [0.15, 0.2) is 47.2 Å². The third-order valence-corrected chi connectivity index (χ3v) is 12.5. The van der Waals surface area contributed by atoms with Crippen molar-refractivity contribution in [2.75, 3.05) is 31.8 Å². The van der Waals surface area contributed by atoms with Gasteiger partial charge >= 0.3 is 6.09 Å². The molecular formula is C42H56N4O6. The van der Waals surface area contributed by atoms with E-state index in [1.807, 2.05) is 17.0 Å². The first kappa shape index (κ1) is 36.4. The molecule has 0 unspecified atom stereocenters. The molecular weight excluding hydrogens is 656 g/mol. The molecule has 0 spiro atoms. The summed E-state index contributed by atoms with van der Waals surface area (Å²) in [5, 5.41) is 3.01. The van der Waals surface area contributed by atoms with Crippen LogP contribution in [0.25, 0.3) is 11.3 Å². The number of nitrogens with zero attached hydrogens (tertiary/aromatic N) is 3. The predicted octanol–water partition coefficient (Wildman–Crippen LogP) is 8.44. The van der Waals surface area contributed by atoms with E-state index in [1.165, 1.54) is 11.1 Å². The van der Waals surface area contributed by atoms with E-state index in [2.05, 4.69) is 51.2 Å². The molecule has 1 saturated heterocycles. The minimum Gasteiger partial charge on any atom is -0.496 e. The van der Waals surface area contributed by atoms with Gasteiger partial charge < -0.3 is 23.9 Å². The minimum atomic E-state index is -0.360. The molecule has 10 nitrogen and oxygen atoms in total. The Morgan fingerprint density at radius 1 is 0.962 bits per heavy atom. The average Bonchev–Trinajstić information content (AvgIpc) is 3.67. The summed E-state index contributed by atoms with van der Waals surface area (Å²) >= 11 is 0. The SMILES string of the molecule is COc1ccc(C23CCC(CN(c4cc(-c5coc(C(C)(C)C)n5)ccn4)C(=O)[C@H]4CC[C@H](OC(=O)NC5CCOCC5)CC4)(CC2)CC3)cc1C. The molecule has 1 aromatic carbocycles. The van der Waals surface area contributed by atoms with E-state index in [9.17, 15) is 9.59 Å². The number of carbonyl (C=O) groups is 2. The second-order valence-electron chi connectivity index (χ2n) is 17.0. The lowest BCUT2D eigenvalue weighted by Gasteiger charge is -2.55. The van der Waals surface area contributed by atoms with Gasteiger partial charge in [0, 0.05) is 48.9 Å². The van der Waals surface area contributed by atoms with Crippen molar-refractivity contribution in [3.05, 3.63) is 59.8 Å². The topological polar surface area (TPSA) is 116 Å². The summed E-state index contributed by atoms with van der Waals surface area (Å²) in [6.07, 6.45) is 13.8. The monoisotopic (exact) mass is 712 g/mol. The molecule has 3 aromatic rings. The van der Waals surface area contributed by atoms with Crippen LogP contribution in [0.1, 0.15) is 115 Å². The summed E-state index contributed by atoms with van der Waals surface area (Å²) in [7, 11) is 1.73. The van der Waals surface area contributed by atoms with Crippen LogP contribution in [-0.4, -0.2) is 61.0 Å². The molecule has 1 aliphatic heterocycles. The van der Waals surface area contributed by atoms with Gasteiger partial charge in [0.2, 0.25) is 5.91 Å². The summed E-state index contributed by atoms with van der Waals surface area (Å²) < 4.78 is 22.7. The number of ether oxygens (including phenoxy) is 3. The Kier molecular flexibility index (Phi) is 10.4. The third kappa shape index (κ3) is 7.73. The maximum Gasteiger partial charge on any atom is 0.407 e. The van der Waals surface area contributed by atoms with Crippen molar-refractivity contribution >= 4 is 17.8 Å². The highest BCUT2D eigenvalue weighted by Crippen LogP contribution is 2.58. The molecule has 2 bridgehead atoms. The summed E-state index contributed by atoms with van der Waals surface area (Å²) in [4.78, 5) is 39.0. The van der Waals surface area contributed by atoms with Crippen LogP contribution in [0, 0.1) is 18.3 Å². The molecule has 2 amide bonds. The lowest BCUT2D eigenvalue weighted by atomic mass is 9.51. The van der Waals surface area contributed by atoms with Gasteiger partial charge in [-0.2, -0.15) is 0 Å². The maximum absolute atomic E-state index is 14.7. The Morgan fingerprint density at radius 3 is 2.31 bits per heavy atom. The molecule has 0 radical (unpaired) electrons. The number of fused-ring (bicyclic) bond motifs is 3. The average molecular weight is 713 g/mol. The van der Waals surface area contributed by atoms with Crippen molar-refractivity contribution in [2.24, 2.45) is 11.3 Å². The van der Waals surface area contributed by atoms with E-state index < -0.39 is 0 Å². The number of rotatable bonds is 9. The number of oxazole rings is 1. The van der Waals surface area contributed by atoms with Gasteiger partial charge in [0.25, 0.3) is 0 Å². The Hall–Kier alpha value is -3.92. The number of amides is 2. The fourth-order valence-electron chi connectivity index (χ4n) is 9.07. The highest BCUT2D eigenvalue weighted by molar-refractivity contribution is 5.95. The van der Waals surface area contributed by atoms with Crippen molar-refractivity contribution in [1.29, 1.82) is 0 Å². The number of benzene rings is 1. The van der Waals surface area contributed by atoms with Crippen LogP contribution in [0.3, 0.4) is 0 Å². The van der Waals surface area contributed by atoms with Gasteiger partial charge in [0.1, 0.15) is 29.6 Å². The number of hydrogen-bond donors (Lipinski definition) is 1. The molecule has 0 atom stereocenters. The smallest absolute Gasteiger partial charge is 0.407 e. The quantitative estimate of drug-likeness (QED) is 0.235. The number of pyridine rings is 1. The zero-order chi connectivity index (χ0) is 36.5. The van der Waals surface area contributed by atoms with Gasteiger partial charge in [-0.05, 0) is 124 Å². The first-order valence-electron chi connectivity index (χ1n) is 19.4. The van der Waals surface area contributed by atoms with Crippen molar-refractivity contribution in [3.8, 4) is 17.0 Å². The van der Waals surface area contributed by atoms with E-state index in [4.69, 9.17) is 28.6 Å². The Balaban J connectivity index is 1.08. The van der Waals surface area contributed by atoms with E-state index in [0.717, 1.165) is 68.4 Å². The van der Waals surface area contributed by atoms with Gasteiger partial charge in [-0.3, -0.25) is 9.69 Å². The van der Waals surface area contributed by atoms with Crippen molar-refractivity contribution in [1.82, 2.24) is 15.3 Å². The summed E-state index contributed by atoms with van der Waals surface area (Å²) in [5.41, 5.74) is 4.22. The fourth-order valence-corrected chi connectivity index (χ4v) is 9.07. The molecule has 5 aliphatic rings. The Morgan fingerprint density at radius 2 is 1.67 bits per heavy atom. The zero-order valence-corrected chi connectivity index (χ0v) is 31.7. The standard InChI is InChI=1S/C42H56N4O6/c1-28-24-31(8-11-35(28)49-5)42-18-15-41(16-19-42,17-20-42)27-46(36-25-30(12-21-43-36)34-26-51-38(45-34)40(2,3)4)37(47)29-6-9-33(10-7-29)52-39(48)44-32-13-22-50-23-14-32/h8,11-12,21,24-26,29,32-33H,6-7,9-10,13-20,22-23,27H2,1-5H3,(H,44,48)/t29-,33-,41?,42?. The molecule has 4 aliphatic carbocycles. The molecule has 3 heterocycles. The third-order valence-electron chi connectivity index (χ3n) is 12.5. The number of nitrogens with one attached hydrogen (secondary N) is 1. The van der Waals surface area contributed by atoms with E-state index in [-0.39, 0.29) is 46.3 Å². The number of aromatic nitrogens is 2. The normalized spacial score (nSPS) is 26.5. The highest BCUT2D eigenvalue weighted by atomic mass is 16.6. The number of alkyl carbamates (subject to hydrolysis) is 1. The van der Waals surface area contributed by atoms with Crippen molar-refractivity contribution in [2.45, 2.75) is 128 Å². The summed E-state index contributed by atoms with van der Waals surface area (Å²) in [6, 6.07) is 10.7. The predicted molar refractivity (Wildman–Crippen MR) is 200 cm³/mol. The van der Waals surface area contributed by atoms with Crippen molar-refractivity contribution in [3.63, 3.8) is 0 Å². The second-order valence-corrected chi connectivity index (χ2v) is 17.0. The Labute approximate surface area is 308 Å². The first-order valence-corrected chi connectivity index (χ1v) is 19.4. The van der Waals surface area contributed by atoms with Crippen LogP contribution in [0.5, 0.6) is 5.75 Å². The lowest BCUT2D eigenvalue weighted by Crippen LogP contribution is -2.52. The first-order chi connectivity index (χ1) is 25.0. The Bertz CT molecular complexity index is 1710. The van der Waals surface area contributed by atoms with E-state index >= 15 is 0 Å². The number of carbonyl (C=O) groups excluding carboxylic acids is 2. The van der Waals surface area contributed by atoms with E-state index in [1.54, 1.807) is 19.6 Å². The summed E-state index contributed by atoms with van der Waals surface area (Å²) in [5.74, 6) is 2.23. The lowest BCUT2D eigenvalue weighted by molar-refractivity contribution is -0.124. The highest BCUT2D eigenvalue weighted by Gasteiger charge is 2.51. The van der Waals surface area contributed by atoms with Gasteiger partial charge in [0.05, 0.1) is 7.11 Å². The zero-order valence-electron chi connectivity index (χ0n) is 31.7. The maximum atomic E-state index is 14.7. The van der Waals surface area contributed by atoms with E-state index in [0.29, 0.717) is 57.2 Å². The molecule has 8 rings (SSSR count). The molecule has 1 N–H and O–H groups in total. The van der Waals surface area contributed by atoms with Crippen LogP contribution in [0.2, 0.25) is 0 Å². The van der Waals surface area contributed by atoms with Gasteiger partial charge in [-0.1, -0.05) is 32.9 Å². The number of aryl methyl sites for hydroxylation is 1. The molecule has 5 fully saturated rings. The van der Waals surface area contributed by atoms with Crippen LogP contribution in [-0.2, 0) is 25.1 Å². The molecule has 4 saturated carbocycles. The number of methoxy groups -OCH3 is 1. The van der Waals surface area contributed by atoms with Gasteiger partial charge in [-0.25, -0.2) is 14.8 Å².